The third-order valence-corrected chi connectivity index (χ3v) is 9.53. The molecule has 0 heterocycles. The van der Waals surface area contributed by atoms with Crippen molar-refractivity contribution in [2.75, 3.05) is 0 Å². The summed E-state index contributed by atoms with van der Waals surface area (Å²) in [5.41, 5.74) is 1.99. The molecular weight excluding hydrogens is 295 g/mol. The number of hydrogen-bond acceptors (Lipinski definition) is 0. The molecule has 0 saturated heterocycles. The molecule has 0 bridgehead atoms. The Morgan fingerprint density at radius 3 is 1.83 bits per heavy atom. The van der Waals surface area contributed by atoms with E-state index in [1.54, 1.807) is 10.7 Å². The molecule has 0 amide bonds. The van der Waals surface area contributed by atoms with Gasteiger partial charge in [-0.3, -0.25) is 0 Å². The minimum atomic E-state index is 0.00811. The van der Waals surface area contributed by atoms with Gasteiger partial charge in [0.15, 0.2) is 0 Å². The molecule has 2 aromatic rings. The first-order valence-electron chi connectivity index (χ1n) is 9.69. The molecule has 2 aromatic carbocycles. The van der Waals surface area contributed by atoms with Gasteiger partial charge in [0, 0.05) is 0 Å². The fourth-order valence-corrected chi connectivity index (χ4v) is 8.81. The molecule has 23 heavy (non-hydrogen) atoms. The van der Waals surface area contributed by atoms with Gasteiger partial charge >= 0.3 is 0 Å². The van der Waals surface area contributed by atoms with Gasteiger partial charge in [-0.15, -0.1) is 0 Å². The van der Waals surface area contributed by atoms with E-state index in [1.165, 1.54) is 69.6 Å². The molecule has 2 aliphatic carbocycles. The highest BCUT2D eigenvalue weighted by Crippen LogP contribution is 2.55. The maximum Gasteiger partial charge on any atom is -0.0107 e. The highest BCUT2D eigenvalue weighted by Gasteiger charge is 2.32. The van der Waals surface area contributed by atoms with E-state index >= 15 is 0 Å². The van der Waals surface area contributed by atoms with Crippen molar-refractivity contribution in [2.24, 2.45) is 0 Å². The summed E-state index contributed by atoms with van der Waals surface area (Å²) in [6.45, 7) is 0. The van der Waals surface area contributed by atoms with Crippen molar-refractivity contribution < 1.29 is 0 Å². The topological polar surface area (TPSA) is 0 Å². The van der Waals surface area contributed by atoms with Gasteiger partial charge in [-0.2, -0.15) is 0 Å². The highest BCUT2D eigenvalue weighted by atomic mass is 31.1. The summed E-state index contributed by atoms with van der Waals surface area (Å²) < 4.78 is 0. The lowest BCUT2D eigenvalue weighted by atomic mass is 9.99. The molecule has 0 aliphatic heterocycles. The fraction of sp³-hybridized carbons (Fsp3) is 0.545. The van der Waals surface area contributed by atoms with Crippen LogP contribution in [0.25, 0.3) is 10.8 Å². The third kappa shape index (κ3) is 3.34. The van der Waals surface area contributed by atoms with Gasteiger partial charge in [0.25, 0.3) is 0 Å². The zero-order valence-corrected chi connectivity index (χ0v) is 15.1. The van der Waals surface area contributed by atoms with Gasteiger partial charge in [-0.25, -0.2) is 0 Å². The smallest absolute Gasteiger partial charge is 0.0107 e. The highest BCUT2D eigenvalue weighted by molar-refractivity contribution is 7.67. The van der Waals surface area contributed by atoms with Crippen LogP contribution < -0.4 is 5.30 Å². The lowest BCUT2D eigenvalue weighted by Gasteiger charge is -2.39. The maximum atomic E-state index is 2.48. The molecule has 0 unspecified atom stereocenters. The first-order valence-corrected chi connectivity index (χ1v) is 11.2. The van der Waals surface area contributed by atoms with Crippen LogP contribution in [0.4, 0.5) is 0 Å². The Hall–Kier alpha value is -0.870. The Bertz CT molecular complexity index is 612. The average molecular weight is 324 g/mol. The van der Waals surface area contributed by atoms with Crippen molar-refractivity contribution in [1.82, 2.24) is 0 Å². The fourth-order valence-electron chi connectivity index (χ4n) is 4.84. The minimum absolute atomic E-state index is 0.00811. The summed E-state index contributed by atoms with van der Waals surface area (Å²) in [4.78, 5) is 0. The molecule has 2 fully saturated rings. The van der Waals surface area contributed by atoms with E-state index in [-0.39, 0.29) is 7.92 Å². The van der Waals surface area contributed by atoms with Crippen molar-refractivity contribution in [3.8, 4) is 0 Å². The van der Waals surface area contributed by atoms with Crippen LogP contribution >= 0.6 is 7.92 Å². The van der Waals surface area contributed by atoms with Crippen molar-refractivity contribution >= 4 is 24.0 Å². The number of benzene rings is 2. The second kappa shape index (κ2) is 7.35. The molecule has 0 N–H and O–H groups in total. The van der Waals surface area contributed by atoms with E-state index in [4.69, 9.17) is 0 Å². The summed E-state index contributed by atoms with van der Waals surface area (Å²) in [6, 6.07) is 16.2. The molecule has 0 atom stereocenters. The zero-order chi connectivity index (χ0) is 15.5. The largest absolute Gasteiger partial charge is 0.0683 e. The lowest BCUT2D eigenvalue weighted by molar-refractivity contribution is 0.487. The Morgan fingerprint density at radius 2 is 1.17 bits per heavy atom. The van der Waals surface area contributed by atoms with Crippen LogP contribution in [0.2, 0.25) is 0 Å². The zero-order valence-electron chi connectivity index (χ0n) is 14.2. The van der Waals surface area contributed by atoms with E-state index < -0.39 is 0 Å². The molecule has 122 valence electrons. The van der Waals surface area contributed by atoms with Crippen LogP contribution in [0.15, 0.2) is 42.5 Å². The summed E-state index contributed by atoms with van der Waals surface area (Å²) >= 11 is 0. The molecule has 0 nitrogen and oxygen atoms in total. The molecule has 0 radical (unpaired) electrons. The van der Waals surface area contributed by atoms with Crippen LogP contribution in [0.1, 0.15) is 64.2 Å². The molecule has 0 aromatic heterocycles. The Balaban J connectivity index is 1.76. The minimum Gasteiger partial charge on any atom is -0.0683 e. The van der Waals surface area contributed by atoms with Crippen LogP contribution in [-0.2, 0) is 0 Å². The first kappa shape index (κ1) is 15.6. The van der Waals surface area contributed by atoms with Gasteiger partial charge < -0.3 is 0 Å². The van der Waals surface area contributed by atoms with Gasteiger partial charge in [0.2, 0.25) is 0 Å². The molecule has 2 aliphatic rings. The number of rotatable bonds is 3. The Kier molecular flexibility index (Phi) is 5.00. The predicted molar refractivity (Wildman–Crippen MR) is 104 cm³/mol. The van der Waals surface area contributed by atoms with E-state index in [9.17, 15) is 0 Å². The van der Waals surface area contributed by atoms with E-state index in [2.05, 4.69) is 42.5 Å². The summed E-state index contributed by atoms with van der Waals surface area (Å²) in [7, 11) is 0.00811. The summed E-state index contributed by atoms with van der Waals surface area (Å²) in [5.74, 6) is 0. The number of hydrogen-bond donors (Lipinski definition) is 0. The summed E-state index contributed by atoms with van der Waals surface area (Å²) in [6.07, 6.45) is 14.8. The third-order valence-electron chi connectivity index (χ3n) is 5.98. The van der Waals surface area contributed by atoms with Crippen LogP contribution in [0.3, 0.4) is 0 Å². The second-order valence-corrected chi connectivity index (χ2v) is 10.2. The monoisotopic (exact) mass is 324 g/mol. The lowest BCUT2D eigenvalue weighted by Crippen LogP contribution is -2.26. The summed E-state index contributed by atoms with van der Waals surface area (Å²) in [5, 5.41) is 4.73. The quantitative estimate of drug-likeness (QED) is 0.557. The molecule has 2 saturated carbocycles. The van der Waals surface area contributed by atoms with E-state index in [0.29, 0.717) is 0 Å². The van der Waals surface area contributed by atoms with Crippen molar-refractivity contribution in [3.63, 3.8) is 0 Å². The van der Waals surface area contributed by atoms with Crippen molar-refractivity contribution in [2.45, 2.75) is 75.5 Å². The Morgan fingerprint density at radius 1 is 0.609 bits per heavy atom. The van der Waals surface area contributed by atoms with Crippen LogP contribution in [0, 0.1) is 0 Å². The van der Waals surface area contributed by atoms with Crippen LogP contribution in [0.5, 0.6) is 0 Å². The van der Waals surface area contributed by atoms with Gasteiger partial charge in [-0.05, 0) is 53.1 Å². The van der Waals surface area contributed by atoms with E-state index in [0.717, 1.165) is 11.3 Å². The normalized spacial score (nSPS) is 21.1. The Labute approximate surface area is 142 Å². The maximum absolute atomic E-state index is 2.48. The van der Waals surface area contributed by atoms with Gasteiger partial charge in [-0.1, -0.05) is 88.9 Å². The molecular formula is C22H29P. The van der Waals surface area contributed by atoms with Crippen LogP contribution in [-0.4, -0.2) is 11.3 Å². The van der Waals surface area contributed by atoms with Crippen molar-refractivity contribution in [3.05, 3.63) is 42.5 Å². The number of fused-ring (bicyclic) bond motifs is 1. The molecule has 4 rings (SSSR count). The standard InChI is InChI=1S/C22H29P/c1-3-12-19(13-4-1)23(20-14-5-2-6-15-20)22-17-9-11-18-10-7-8-16-21(18)22/h7-11,16-17,19-20H,1-6,12-15H2. The van der Waals surface area contributed by atoms with E-state index in [1.807, 2.05) is 0 Å². The SMILES string of the molecule is c1ccc2c(P(C3CCCCC3)C3CCCCC3)cccc2c1. The van der Waals surface area contributed by atoms with Crippen molar-refractivity contribution in [1.29, 1.82) is 0 Å². The van der Waals surface area contributed by atoms with Gasteiger partial charge in [0.05, 0.1) is 0 Å². The second-order valence-electron chi connectivity index (χ2n) is 7.49. The first-order chi connectivity index (χ1) is 11.4. The molecule has 0 spiro atoms. The average Bonchev–Trinajstić information content (AvgIpc) is 2.64. The van der Waals surface area contributed by atoms with Gasteiger partial charge in [0.1, 0.15) is 0 Å². The molecule has 1 heteroatoms. The predicted octanol–water partition coefficient (Wildman–Crippen LogP) is 6.61.